The number of nitrogens with zero attached hydrogens (tertiary/aromatic N) is 2. The van der Waals surface area contributed by atoms with Gasteiger partial charge in [0.1, 0.15) is 0 Å². The van der Waals surface area contributed by atoms with Gasteiger partial charge in [-0.1, -0.05) is 38.1 Å². The summed E-state index contributed by atoms with van der Waals surface area (Å²) in [5.41, 5.74) is 2.17. The van der Waals surface area contributed by atoms with Crippen LogP contribution in [0.3, 0.4) is 0 Å². The molecule has 1 aromatic rings. The van der Waals surface area contributed by atoms with Crippen molar-refractivity contribution in [3.8, 4) is 0 Å². The Morgan fingerprint density at radius 1 is 1.10 bits per heavy atom. The maximum atomic E-state index is 12.1. The van der Waals surface area contributed by atoms with Gasteiger partial charge in [-0.2, -0.15) is 0 Å². The number of hydrogen-bond acceptors (Lipinski definition) is 3. The first kappa shape index (κ1) is 22.6. The van der Waals surface area contributed by atoms with Crippen LogP contribution in [0, 0.1) is 11.8 Å². The standard InChI is InChI=1S/C24H38N4O2/c1-19-13-20(2)17-27(16-19)11-4-3-10-25-24(30)26-15-21-7-5-8-22(14-21)18-28-12-6-9-23(28)29/h5,7-8,14,19-20H,3-4,6,9-13,15-18H2,1-2H3,(H2,25,26,30). The molecule has 2 aliphatic rings. The van der Waals surface area contributed by atoms with Crippen molar-refractivity contribution < 1.29 is 9.59 Å². The van der Waals surface area contributed by atoms with Crippen molar-refractivity contribution in [1.82, 2.24) is 20.4 Å². The molecular weight excluding hydrogens is 376 g/mol. The summed E-state index contributed by atoms with van der Waals surface area (Å²) in [6, 6.07) is 8.00. The van der Waals surface area contributed by atoms with E-state index in [0.717, 1.165) is 55.3 Å². The van der Waals surface area contributed by atoms with Gasteiger partial charge in [-0.15, -0.1) is 0 Å². The third-order valence-corrected chi connectivity index (χ3v) is 6.12. The van der Waals surface area contributed by atoms with Crippen LogP contribution in [0.25, 0.3) is 0 Å². The molecular formula is C24H38N4O2. The van der Waals surface area contributed by atoms with Crippen molar-refractivity contribution in [2.75, 3.05) is 32.7 Å². The number of rotatable bonds is 9. The van der Waals surface area contributed by atoms with E-state index in [2.05, 4.69) is 35.4 Å². The molecule has 3 rings (SSSR count). The van der Waals surface area contributed by atoms with Crippen molar-refractivity contribution >= 4 is 11.9 Å². The molecule has 166 valence electrons. The zero-order chi connectivity index (χ0) is 21.3. The van der Waals surface area contributed by atoms with Gasteiger partial charge < -0.3 is 20.4 Å². The number of hydrogen-bond donors (Lipinski definition) is 2. The quantitative estimate of drug-likeness (QED) is 0.609. The largest absolute Gasteiger partial charge is 0.338 e. The first-order valence-electron chi connectivity index (χ1n) is 11.6. The lowest BCUT2D eigenvalue weighted by atomic mass is 9.92. The van der Waals surface area contributed by atoms with Gasteiger partial charge in [0.05, 0.1) is 0 Å². The summed E-state index contributed by atoms with van der Waals surface area (Å²) in [5.74, 6) is 1.83. The Hall–Kier alpha value is -2.08. The van der Waals surface area contributed by atoms with Crippen LogP contribution in [0.5, 0.6) is 0 Å². The lowest BCUT2D eigenvalue weighted by molar-refractivity contribution is -0.128. The van der Waals surface area contributed by atoms with Gasteiger partial charge in [0.15, 0.2) is 0 Å². The number of piperidine rings is 1. The van der Waals surface area contributed by atoms with E-state index in [0.29, 0.717) is 26.1 Å². The molecule has 2 fully saturated rings. The lowest BCUT2D eigenvalue weighted by Crippen LogP contribution is -2.39. The van der Waals surface area contributed by atoms with Crippen molar-refractivity contribution in [1.29, 1.82) is 0 Å². The second-order valence-corrected chi connectivity index (χ2v) is 9.26. The Balaban J connectivity index is 1.29. The number of carbonyl (C=O) groups excluding carboxylic acids is 2. The summed E-state index contributed by atoms with van der Waals surface area (Å²) < 4.78 is 0. The van der Waals surface area contributed by atoms with Crippen LogP contribution in [0.15, 0.2) is 24.3 Å². The van der Waals surface area contributed by atoms with E-state index in [-0.39, 0.29) is 11.9 Å². The molecule has 0 bridgehead atoms. The van der Waals surface area contributed by atoms with Crippen molar-refractivity contribution in [3.63, 3.8) is 0 Å². The highest BCUT2D eigenvalue weighted by molar-refractivity contribution is 5.78. The molecule has 0 spiro atoms. The van der Waals surface area contributed by atoms with E-state index in [1.165, 1.54) is 19.5 Å². The molecule has 0 radical (unpaired) electrons. The lowest BCUT2D eigenvalue weighted by Gasteiger charge is -2.34. The van der Waals surface area contributed by atoms with Crippen molar-refractivity contribution in [2.45, 2.75) is 59.0 Å². The van der Waals surface area contributed by atoms with Gasteiger partial charge in [0, 0.05) is 45.7 Å². The molecule has 2 unspecified atom stereocenters. The summed E-state index contributed by atoms with van der Waals surface area (Å²) in [7, 11) is 0. The fourth-order valence-corrected chi connectivity index (χ4v) is 4.81. The predicted octanol–water partition coefficient (Wildman–Crippen LogP) is 3.37. The molecule has 30 heavy (non-hydrogen) atoms. The molecule has 0 aliphatic carbocycles. The van der Waals surface area contributed by atoms with Gasteiger partial charge in [-0.3, -0.25) is 4.79 Å². The highest BCUT2D eigenvalue weighted by Crippen LogP contribution is 2.21. The monoisotopic (exact) mass is 414 g/mol. The molecule has 3 amide bonds. The Morgan fingerprint density at radius 3 is 2.60 bits per heavy atom. The normalized spacial score (nSPS) is 22.3. The summed E-state index contributed by atoms with van der Waals surface area (Å²) in [5, 5.41) is 5.91. The topological polar surface area (TPSA) is 64.7 Å². The minimum Gasteiger partial charge on any atom is -0.338 e. The summed E-state index contributed by atoms with van der Waals surface area (Å²) in [6.07, 6.45) is 5.09. The molecule has 0 aromatic heterocycles. The van der Waals surface area contributed by atoms with Crippen LogP contribution in [-0.4, -0.2) is 54.5 Å². The Morgan fingerprint density at radius 2 is 1.87 bits per heavy atom. The highest BCUT2D eigenvalue weighted by atomic mass is 16.2. The van der Waals surface area contributed by atoms with Crippen LogP contribution in [0.4, 0.5) is 4.79 Å². The van der Waals surface area contributed by atoms with Crippen molar-refractivity contribution in [2.24, 2.45) is 11.8 Å². The van der Waals surface area contributed by atoms with Crippen LogP contribution < -0.4 is 10.6 Å². The molecule has 2 heterocycles. The number of unbranched alkanes of at least 4 members (excludes halogenated alkanes) is 1. The summed E-state index contributed by atoms with van der Waals surface area (Å²) >= 11 is 0. The van der Waals surface area contributed by atoms with Crippen LogP contribution in [0.2, 0.25) is 0 Å². The first-order chi connectivity index (χ1) is 14.5. The van der Waals surface area contributed by atoms with Gasteiger partial charge in [-0.05, 0) is 55.2 Å². The average molecular weight is 415 g/mol. The van der Waals surface area contributed by atoms with Gasteiger partial charge in [-0.25, -0.2) is 4.79 Å². The van der Waals surface area contributed by atoms with E-state index < -0.39 is 0 Å². The molecule has 6 nitrogen and oxygen atoms in total. The molecule has 2 saturated heterocycles. The second-order valence-electron chi connectivity index (χ2n) is 9.26. The van der Waals surface area contributed by atoms with Gasteiger partial charge >= 0.3 is 6.03 Å². The zero-order valence-corrected chi connectivity index (χ0v) is 18.7. The first-order valence-corrected chi connectivity index (χ1v) is 11.6. The fraction of sp³-hybridized carbons (Fsp3) is 0.667. The van der Waals surface area contributed by atoms with Gasteiger partial charge in [0.2, 0.25) is 5.91 Å². The maximum Gasteiger partial charge on any atom is 0.315 e. The van der Waals surface area contributed by atoms with Crippen LogP contribution in [-0.2, 0) is 17.9 Å². The van der Waals surface area contributed by atoms with Crippen molar-refractivity contribution in [3.05, 3.63) is 35.4 Å². The summed E-state index contributed by atoms with van der Waals surface area (Å²) in [4.78, 5) is 28.4. The smallest absolute Gasteiger partial charge is 0.315 e. The SMILES string of the molecule is CC1CC(C)CN(CCCCNC(=O)NCc2cccc(CN3CCCC3=O)c2)C1. The Bertz CT molecular complexity index is 698. The maximum absolute atomic E-state index is 12.1. The number of urea groups is 1. The predicted molar refractivity (Wildman–Crippen MR) is 120 cm³/mol. The Labute approximate surface area is 181 Å². The average Bonchev–Trinajstić information content (AvgIpc) is 3.10. The van der Waals surface area contributed by atoms with E-state index >= 15 is 0 Å². The van der Waals surface area contributed by atoms with Crippen LogP contribution >= 0.6 is 0 Å². The number of benzene rings is 1. The molecule has 2 N–H and O–H groups in total. The highest BCUT2D eigenvalue weighted by Gasteiger charge is 2.21. The number of amides is 3. The van der Waals surface area contributed by atoms with E-state index in [1.54, 1.807) is 0 Å². The fourth-order valence-electron chi connectivity index (χ4n) is 4.81. The molecule has 0 saturated carbocycles. The van der Waals surface area contributed by atoms with E-state index in [9.17, 15) is 9.59 Å². The molecule has 6 heteroatoms. The molecule has 1 aromatic carbocycles. The van der Waals surface area contributed by atoms with E-state index in [4.69, 9.17) is 0 Å². The minimum atomic E-state index is -0.115. The van der Waals surface area contributed by atoms with Crippen LogP contribution in [0.1, 0.15) is 57.1 Å². The number of nitrogens with one attached hydrogen (secondary N) is 2. The van der Waals surface area contributed by atoms with E-state index in [1.807, 2.05) is 23.1 Å². The number of likely N-dealkylation sites (tertiary alicyclic amines) is 2. The molecule has 2 aliphatic heterocycles. The van der Waals surface area contributed by atoms with Gasteiger partial charge in [0.25, 0.3) is 0 Å². The Kier molecular flexibility index (Phi) is 8.55. The third kappa shape index (κ3) is 7.31. The zero-order valence-electron chi connectivity index (χ0n) is 18.7. The minimum absolute atomic E-state index is 0.115. The molecule has 2 atom stereocenters. The summed E-state index contributed by atoms with van der Waals surface area (Å²) in [6.45, 7) is 11.0. The number of carbonyl (C=O) groups is 2. The third-order valence-electron chi connectivity index (χ3n) is 6.12. The second kappa shape index (κ2) is 11.3.